The Kier molecular flexibility index (Phi) is 3.89. The summed E-state index contributed by atoms with van der Waals surface area (Å²) in [6, 6.07) is 0. The van der Waals surface area contributed by atoms with Gasteiger partial charge in [0, 0.05) is 0 Å². The maximum atomic E-state index is 4.02. The van der Waals surface area contributed by atoms with E-state index in [2.05, 4.69) is 12.6 Å². The van der Waals surface area contributed by atoms with Gasteiger partial charge in [0.25, 0.3) is 0 Å². The predicted molar refractivity (Wildman–Crippen MR) is 36.3 cm³/mol. The lowest BCUT2D eigenvalue weighted by Gasteiger charge is -1.79. The van der Waals surface area contributed by atoms with Crippen LogP contribution in [0, 0.1) is 0 Å². The van der Waals surface area contributed by atoms with Crippen LogP contribution in [0.4, 0.5) is 0 Å². The van der Waals surface area contributed by atoms with E-state index in [0.29, 0.717) is 0 Å². The van der Waals surface area contributed by atoms with Crippen molar-refractivity contribution in [3.63, 3.8) is 0 Å². The molecular weight excluding hydrogens is 112 g/mol. The lowest BCUT2D eigenvalue weighted by molar-refractivity contribution is 1.73. The zero-order valence-electron chi connectivity index (χ0n) is 3.93. The van der Waals surface area contributed by atoms with Gasteiger partial charge in [0.15, 0.2) is 0 Å². The number of rotatable bonds is 1. The molecule has 6 heavy (non-hydrogen) atoms. The highest BCUT2D eigenvalue weighted by Crippen LogP contribution is 2.03. The van der Waals surface area contributed by atoms with Crippen molar-refractivity contribution in [3.8, 4) is 0 Å². The number of hydrogen-bond acceptors (Lipinski definition) is 2. The number of thiol groups is 1. The van der Waals surface area contributed by atoms with Crippen molar-refractivity contribution in [3.05, 3.63) is 10.3 Å². The van der Waals surface area contributed by atoms with Gasteiger partial charge in [0.2, 0.25) is 0 Å². The lowest BCUT2D eigenvalue weighted by Crippen LogP contribution is -1.48. The summed E-state index contributed by atoms with van der Waals surface area (Å²) in [6.07, 6.45) is 2.01. The SMILES string of the molecule is CS/C=C(/C)S. The van der Waals surface area contributed by atoms with E-state index in [9.17, 15) is 0 Å². The van der Waals surface area contributed by atoms with Crippen molar-refractivity contribution >= 4 is 24.4 Å². The summed E-state index contributed by atoms with van der Waals surface area (Å²) in [5, 5.41) is 1.99. The van der Waals surface area contributed by atoms with Crippen LogP contribution in [0.3, 0.4) is 0 Å². The molecule has 0 N–H and O–H groups in total. The van der Waals surface area contributed by atoms with Crippen LogP contribution >= 0.6 is 24.4 Å². The monoisotopic (exact) mass is 120 g/mol. The van der Waals surface area contributed by atoms with Crippen molar-refractivity contribution in [2.45, 2.75) is 6.92 Å². The molecule has 0 bridgehead atoms. The van der Waals surface area contributed by atoms with E-state index in [1.807, 2.05) is 18.6 Å². The Labute approximate surface area is 48.4 Å². The van der Waals surface area contributed by atoms with Gasteiger partial charge in [-0.05, 0) is 23.5 Å². The minimum atomic E-state index is 1.07. The van der Waals surface area contributed by atoms with Gasteiger partial charge in [-0.25, -0.2) is 0 Å². The van der Waals surface area contributed by atoms with Crippen molar-refractivity contribution in [2.24, 2.45) is 0 Å². The fraction of sp³-hybridized carbons (Fsp3) is 0.500. The summed E-state index contributed by atoms with van der Waals surface area (Å²) in [4.78, 5) is 1.07. The molecule has 0 radical (unpaired) electrons. The first-order valence-electron chi connectivity index (χ1n) is 1.66. The third kappa shape index (κ3) is 4.44. The molecule has 0 nitrogen and oxygen atoms in total. The molecule has 0 unspecified atom stereocenters. The van der Waals surface area contributed by atoms with E-state index in [1.165, 1.54) is 0 Å². The molecule has 2 heteroatoms. The molecule has 0 heterocycles. The third-order valence-corrected chi connectivity index (χ3v) is 1.18. The number of hydrogen-bond donors (Lipinski definition) is 1. The van der Waals surface area contributed by atoms with Crippen molar-refractivity contribution in [1.82, 2.24) is 0 Å². The molecule has 0 atom stereocenters. The van der Waals surface area contributed by atoms with E-state index >= 15 is 0 Å². The van der Waals surface area contributed by atoms with Crippen LogP contribution < -0.4 is 0 Å². The van der Waals surface area contributed by atoms with Gasteiger partial charge in [0.05, 0.1) is 0 Å². The van der Waals surface area contributed by atoms with Gasteiger partial charge < -0.3 is 0 Å². The largest absolute Gasteiger partial charge is 0.148 e. The average molecular weight is 120 g/mol. The van der Waals surface area contributed by atoms with Crippen molar-refractivity contribution < 1.29 is 0 Å². The minimum Gasteiger partial charge on any atom is -0.148 e. The predicted octanol–water partition coefficient (Wildman–Crippen LogP) is 2.14. The van der Waals surface area contributed by atoms with E-state index in [0.717, 1.165) is 4.91 Å². The van der Waals surface area contributed by atoms with E-state index in [-0.39, 0.29) is 0 Å². The van der Waals surface area contributed by atoms with Crippen LogP contribution in [-0.4, -0.2) is 6.26 Å². The number of allylic oxidation sites excluding steroid dienone is 1. The first-order chi connectivity index (χ1) is 2.77. The lowest BCUT2D eigenvalue weighted by atomic mass is 10.8. The van der Waals surface area contributed by atoms with E-state index < -0.39 is 0 Å². The first-order valence-corrected chi connectivity index (χ1v) is 3.39. The van der Waals surface area contributed by atoms with Crippen LogP contribution in [-0.2, 0) is 0 Å². The second kappa shape index (κ2) is 3.62. The van der Waals surface area contributed by atoms with E-state index in [1.54, 1.807) is 11.8 Å². The zero-order valence-corrected chi connectivity index (χ0v) is 5.64. The van der Waals surface area contributed by atoms with Crippen LogP contribution in [0.1, 0.15) is 6.92 Å². The van der Waals surface area contributed by atoms with Gasteiger partial charge in [-0.3, -0.25) is 0 Å². The van der Waals surface area contributed by atoms with Crippen LogP contribution in [0.2, 0.25) is 0 Å². The second-order valence-corrected chi connectivity index (χ2v) is 2.41. The first kappa shape index (κ1) is 6.44. The Morgan fingerprint density at radius 2 is 2.33 bits per heavy atom. The molecule has 0 spiro atoms. The molecule has 0 aliphatic carbocycles. The smallest absolute Gasteiger partial charge is 0.0142 e. The Hall–Kier alpha value is 0.440. The topological polar surface area (TPSA) is 0 Å². The third-order valence-electron chi connectivity index (χ3n) is 0.288. The molecule has 0 rings (SSSR count). The van der Waals surface area contributed by atoms with Gasteiger partial charge in [0.1, 0.15) is 0 Å². The highest BCUT2D eigenvalue weighted by atomic mass is 32.2. The van der Waals surface area contributed by atoms with Crippen LogP contribution in [0.15, 0.2) is 10.3 Å². The Morgan fingerprint density at radius 3 is 2.33 bits per heavy atom. The fourth-order valence-corrected chi connectivity index (χ4v) is 0.828. The van der Waals surface area contributed by atoms with Gasteiger partial charge >= 0.3 is 0 Å². The Morgan fingerprint density at radius 1 is 1.83 bits per heavy atom. The molecule has 0 aromatic heterocycles. The normalized spacial score (nSPS) is 12.2. The Bertz CT molecular complexity index is 52.6. The van der Waals surface area contributed by atoms with Crippen molar-refractivity contribution in [2.75, 3.05) is 6.26 Å². The number of thioether (sulfide) groups is 1. The average Bonchev–Trinajstić information content (AvgIpc) is 1.35. The molecule has 36 valence electrons. The summed E-state index contributed by atoms with van der Waals surface area (Å²) >= 11 is 5.69. The molecule has 0 aliphatic heterocycles. The molecule has 0 fully saturated rings. The fourth-order valence-electron chi connectivity index (χ4n) is 0.171. The quantitative estimate of drug-likeness (QED) is 0.517. The highest BCUT2D eigenvalue weighted by molar-refractivity contribution is 8.02. The molecule has 0 aromatic rings. The minimum absolute atomic E-state index is 1.07. The summed E-state index contributed by atoms with van der Waals surface area (Å²) < 4.78 is 0. The summed E-state index contributed by atoms with van der Waals surface area (Å²) in [5.41, 5.74) is 0. The second-order valence-electron chi connectivity index (χ2n) is 0.995. The summed E-state index contributed by atoms with van der Waals surface area (Å²) in [6.45, 7) is 1.96. The molecule has 0 saturated carbocycles. The Balaban J connectivity index is 3.14. The van der Waals surface area contributed by atoms with Crippen molar-refractivity contribution in [1.29, 1.82) is 0 Å². The maximum absolute atomic E-state index is 4.02. The summed E-state index contributed by atoms with van der Waals surface area (Å²) in [7, 11) is 0. The van der Waals surface area contributed by atoms with Gasteiger partial charge in [-0.1, -0.05) is 0 Å². The molecule has 0 aliphatic rings. The molecule has 0 amide bonds. The summed E-state index contributed by atoms with van der Waals surface area (Å²) in [5.74, 6) is 0. The molecular formula is C4H8S2. The van der Waals surface area contributed by atoms with E-state index in [4.69, 9.17) is 0 Å². The molecule has 0 aromatic carbocycles. The van der Waals surface area contributed by atoms with Crippen LogP contribution in [0.5, 0.6) is 0 Å². The highest BCUT2D eigenvalue weighted by Gasteiger charge is 1.68. The van der Waals surface area contributed by atoms with Gasteiger partial charge in [-0.15, -0.1) is 24.4 Å². The van der Waals surface area contributed by atoms with Gasteiger partial charge in [-0.2, -0.15) is 0 Å². The van der Waals surface area contributed by atoms with Crippen LogP contribution in [0.25, 0.3) is 0 Å². The zero-order chi connectivity index (χ0) is 4.99. The standard InChI is InChI=1S/C4H8S2/c1-4(5)3-6-2/h3,5H,1-2H3/b4-3-. The maximum Gasteiger partial charge on any atom is -0.0142 e. The molecule has 0 saturated heterocycles.